The van der Waals surface area contributed by atoms with Gasteiger partial charge in [-0.05, 0) is 69.0 Å². The van der Waals surface area contributed by atoms with E-state index >= 15 is 0 Å². The largest absolute Gasteiger partial charge is 0.444 e. The maximum Gasteiger partial charge on any atom is 0.411 e. The first-order valence-electron chi connectivity index (χ1n) is 10.7. The van der Waals surface area contributed by atoms with Crippen LogP contribution in [-0.4, -0.2) is 41.0 Å². The van der Waals surface area contributed by atoms with E-state index in [0.29, 0.717) is 12.1 Å². The van der Waals surface area contributed by atoms with Crippen molar-refractivity contribution in [3.05, 3.63) is 64.7 Å². The second kappa shape index (κ2) is 9.42. The minimum absolute atomic E-state index is 0.188. The number of benzene rings is 2. The molecule has 1 unspecified atom stereocenters. The van der Waals surface area contributed by atoms with Crippen LogP contribution in [0.4, 0.5) is 10.5 Å². The first-order chi connectivity index (χ1) is 15.0. The van der Waals surface area contributed by atoms with Gasteiger partial charge < -0.3 is 15.4 Å². The molecule has 170 valence electrons. The van der Waals surface area contributed by atoms with Crippen molar-refractivity contribution in [3.63, 3.8) is 0 Å². The van der Waals surface area contributed by atoms with Gasteiger partial charge >= 0.3 is 6.09 Å². The zero-order valence-corrected chi connectivity index (χ0v) is 19.3. The van der Waals surface area contributed by atoms with E-state index in [-0.39, 0.29) is 24.9 Å². The third-order valence-electron chi connectivity index (χ3n) is 5.11. The van der Waals surface area contributed by atoms with E-state index < -0.39 is 17.7 Å². The van der Waals surface area contributed by atoms with E-state index in [4.69, 9.17) is 4.74 Å². The van der Waals surface area contributed by atoms with Crippen LogP contribution in [0.25, 0.3) is 0 Å². The molecule has 0 saturated heterocycles. The van der Waals surface area contributed by atoms with Crippen molar-refractivity contribution >= 4 is 23.6 Å². The Morgan fingerprint density at radius 3 is 2.28 bits per heavy atom. The number of anilines is 1. The topological polar surface area (TPSA) is 87.7 Å². The monoisotopic (exact) mass is 437 g/mol. The molecule has 3 amide bonds. The molecule has 7 heteroatoms. The number of ether oxygens (including phenoxy) is 1. The van der Waals surface area contributed by atoms with Crippen molar-refractivity contribution in [2.24, 2.45) is 0 Å². The summed E-state index contributed by atoms with van der Waals surface area (Å²) in [6, 6.07) is 12.7. The maximum absolute atomic E-state index is 13.0. The zero-order valence-electron chi connectivity index (χ0n) is 19.3. The Balaban J connectivity index is 1.69. The maximum atomic E-state index is 13.0. The van der Waals surface area contributed by atoms with Gasteiger partial charge in [-0.15, -0.1) is 0 Å². The lowest BCUT2D eigenvalue weighted by molar-refractivity contribution is -0.128. The molecule has 1 aliphatic rings. The molecule has 0 spiro atoms. The number of aryl methyl sites for hydroxylation is 2. The Morgan fingerprint density at radius 1 is 1.03 bits per heavy atom. The summed E-state index contributed by atoms with van der Waals surface area (Å²) in [4.78, 5) is 39.7. The average molecular weight is 438 g/mol. The summed E-state index contributed by atoms with van der Waals surface area (Å²) in [7, 11) is 0. The lowest BCUT2D eigenvalue weighted by atomic mass is 9.94. The van der Waals surface area contributed by atoms with Gasteiger partial charge in [0.05, 0.1) is 13.1 Å². The van der Waals surface area contributed by atoms with Crippen molar-refractivity contribution in [1.82, 2.24) is 10.2 Å². The number of fused-ring (bicyclic) bond motifs is 1. The minimum Gasteiger partial charge on any atom is -0.444 e. The number of nitrogens with one attached hydrogen (secondary N) is 2. The van der Waals surface area contributed by atoms with Gasteiger partial charge in [-0.1, -0.05) is 30.3 Å². The van der Waals surface area contributed by atoms with Crippen LogP contribution >= 0.6 is 0 Å². The van der Waals surface area contributed by atoms with Gasteiger partial charge in [0.25, 0.3) is 0 Å². The Bertz CT molecular complexity index is 1010. The molecule has 0 bridgehead atoms. The molecule has 0 saturated carbocycles. The highest BCUT2D eigenvalue weighted by molar-refractivity contribution is 5.96. The first-order valence-corrected chi connectivity index (χ1v) is 10.7. The Labute approximate surface area is 189 Å². The molecular weight excluding hydrogens is 406 g/mol. The molecule has 7 nitrogen and oxygen atoms in total. The Morgan fingerprint density at radius 2 is 1.66 bits per heavy atom. The average Bonchev–Trinajstić information content (AvgIpc) is 2.69. The number of hydrogen-bond acceptors (Lipinski definition) is 4. The molecule has 2 aromatic rings. The summed E-state index contributed by atoms with van der Waals surface area (Å²) in [5.74, 6) is -0.718. The summed E-state index contributed by atoms with van der Waals surface area (Å²) < 4.78 is 5.53. The van der Waals surface area contributed by atoms with Gasteiger partial charge in [-0.25, -0.2) is 4.79 Å². The van der Waals surface area contributed by atoms with Crippen LogP contribution in [0.2, 0.25) is 0 Å². The van der Waals surface area contributed by atoms with Gasteiger partial charge in [0.2, 0.25) is 11.8 Å². The zero-order chi connectivity index (χ0) is 23.5. The lowest BCUT2D eigenvalue weighted by Gasteiger charge is -2.36. The molecular formula is C25H31N3O4. The second-order valence-electron chi connectivity index (χ2n) is 9.24. The molecule has 0 fully saturated rings. The lowest BCUT2D eigenvalue weighted by Crippen LogP contribution is -2.54. The van der Waals surface area contributed by atoms with Crippen molar-refractivity contribution < 1.29 is 19.1 Å². The smallest absolute Gasteiger partial charge is 0.411 e. The highest BCUT2D eigenvalue weighted by Gasteiger charge is 2.37. The quantitative estimate of drug-likeness (QED) is 0.763. The number of carbonyl (C=O) groups is 3. The van der Waals surface area contributed by atoms with Crippen LogP contribution in [-0.2, 0) is 27.3 Å². The van der Waals surface area contributed by atoms with Gasteiger partial charge in [0.15, 0.2) is 0 Å². The van der Waals surface area contributed by atoms with Crippen molar-refractivity contribution in [1.29, 1.82) is 0 Å². The number of nitrogens with zero attached hydrogens (tertiary/aromatic N) is 1. The molecule has 1 heterocycles. The molecule has 32 heavy (non-hydrogen) atoms. The van der Waals surface area contributed by atoms with Crippen LogP contribution in [0, 0.1) is 13.8 Å². The van der Waals surface area contributed by atoms with Gasteiger partial charge in [0.1, 0.15) is 11.6 Å². The van der Waals surface area contributed by atoms with Crippen LogP contribution < -0.4 is 10.6 Å². The standard InChI is InChI=1S/C25H31N3O4/c1-16-10-17(2)12-20(11-16)27-22(29)14-26-23(30)21-13-18-8-6-7-9-19(18)15-28(21)24(31)32-25(3,4)5/h6-12,21H,13-15H2,1-5H3,(H,26,30)(H,27,29). The highest BCUT2D eigenvalue weighted by atomic mass is 16.6. The first kappa shape index (κ1) is 23.3. The number of amides is 3. The summed E-state index contributed by atoms with van der Waals surface area (Å²) in [6.07, 6.45) is -0.188. The molecule has 2 N–H and O–H groups in total. The normalized spacial score (nSPS) is 15.5. The molecule has 0 aliphatic carbocycles. The van der Waals surface area contributed by atoms with E-state index in [1.54, 1.807) is 20.8 Å². The van der Waals surface area contributed by atoms with E-state index in [0.717, 1.165) is 22.3 Å². The van der Waals surface area contributed by atoms with Crippen molar-refractivity contribution in [3.8, 4) is 0 Å². The Hall–Kier alpha value is -3.35. The highest BCUT2D eigenvalue weighted by Crippen LogP contribution is 2.25. The molecule has 1 atom stereocenters. The third kappa shape index (κ3) is 6.09. The number of hydrogen-bond donors (Lipinski definition) is 2. The van der Waals surface area contributed by atoms with Gasteiger partial charge in [0, 0.05) is 12.1 Å². The fraction of sp³-hybridized carbons (Fsp3) is 0.400. The summed E-state index contributed by atoms with van der Waals surface area (Å²) in [5.41, 5.74) is 4.07. The number of carbonyl (C=O) groups excluding carboxylic acids is 3. The van der Waals surface area contributed by atoms with E-state index in [1.165, 1.54) is 4.90 Å². The third-order valence-corrected chi connectivity index (χ3v) is 5.11. The van der Waals surface area contributed by atoms with Crippen LogP contribution in [0.15, 0.2) is 42.5 Å². The molecule has 1 aliphatic heterocycles. The minimum atomic E-state index is -0.756. The molecule has 3 rings (SSSR count). The van der Waals surface area contributed by atoms with Crippen LogP contribution in [0.5, 0.6) is 0 Å². The predicted octanol–water partition coefficient (Wildman–Crippen LogP) is 3.72. The molecule has 2 aromatic carbocycles. The predicted molar refractivity (Wildman–Crippen MR) is 123 cm³/mol. The van der Waals surface area contributed by atoms with Gasteiger partial charge in [-0.2, -0.15) is 0 Å². The fourth-order valence-electron chi connectivity index (χ4n) is 3.81. The SMILES string of the molecule is Cc1cc(C)cc(NC(=O)CNC(=O)C2Cc3ccccc3CN2C(=O)OC(C)(C)C)c1. The summed E-state index contributed by atoms with van der Waals surface area (Å²) >= 11 is 0. The van der Waals surface area contributed by atoms with Crippen molar-refractivity contribution in [2.75, 3.05) is 11.9 Å². The van der Waals surface area contributed by atoms with Crippen molar-refractivity contribution in [2.45, 2.75) is 59.2 Å². The summed E-state index contributed by atoms with van der Waals surface area (Å²) in [5, 5.41) is 5.48. The summed E-state index contributed by atoms with van der Waals surface area (Å²) in [6.45, 7) is 9.36. The van der Waals surface area contributed by atoms with Gasteiger partial charge in [-0.3, -0.25) is 14.5 Å². The molecule has 0 radical (unpaired) electrons. The van der Waals surface area contributed by atoms with Crippen LogP contribution in [0.3, 0.4) is 0 Å². The van der Waals surface area contributed by atoms with E-state index in [1.807, 2.05) is 56.3 Å². The van der Waals surface area contributed by atoms with E-state index in [2.05, 4.69) is 10.6 Å². The van der Waals surface area contributed by atoms with E-state index in [9.17, 15) is 14.4 Å². The fourth-order valence-corrected chi connectivity index (χ4v) is 3.81. The van der Waals surface area contributed by atoms with Crippen LogP contribution in [0.1, 0.15) is 43.0 Å². The Kier molecular flexibility index (Phi) is 6.87. The second-order valence-corrected chi connectivity index (χ2v) is 9.24. The number of rotatable bonds is 4. The molecule has 0 aromatic heterocycles.